The van der Waals surface area contributed by atoms with Crippen molar-refractivity contribution in [1.29, 1.82) is 0 Å². The molecule has 1 heterocycles. The molecular formula is C12H19NO2. The molecule has 0 unspecified atom stereocenters. The van der Waals surface area contributed by atoms with E-state index in [9.17, 15) is 9.59 Å². The fourth-order valence-electron chi connectivity index (χ4n) is 1.79. The summed E-state index contributed by atoms with van der Waals surface area (Å²) in [5, 5.41) is 2.34. The second kappa shape index (κ2) is 4.60. The molecule has 0 aromatic rings. The zero-order valence-corrected chi connectivity index (χ0v) is 9.72. The third kappa shape index (κ3) is 4.77. The minimum Gasteiger partial charge on any atom is -0.293 e. The van der Waals surface area contributed by atoms with Crippen LogP contribution in [0.5, 0.6) is 0 Å². The SMILES string of the molecule is CC(C)(C)C/C1=C/C(=O)NC(=O)CCC1. The van der Waals surface area contributed by atoms with E-state index in [1.165, 1.54) is 0 Å². The molecule has 1 rings (SSSR count). The van der Waals surface area contributed by atoms with Crippen LogP contribution < -0.4 is 5.32 Å². The summed E-state index contributed by atoms with van der Waals surface area (Å²) in [6.45, 7) is 6.45. The molecule has 3 nitrogen and oxygen atoms in total. The number of allylic oxidation sites excluding steroid dienone is 1. The summed E-state index contributed by atoms with van der Waals surface area (Å²) in [6, 6.07) is 0. The van der Waals surface area contributed by atoms with Gasteiger partial charge < -0.3 is 0 Å². The van der Waals surface area contributed by atoms with Gasteiger partial charge >= 0.3 is 0 Å². The average Bonchev–Trinajstić information content (AvgIpc) is 1.97. The number of amides is 2. The maximum Gasteiger partial charge on any atom is 0.250 e. The van der Waals surface area contributed by atoms with Crippen molar-refractivity contribution in [2.75, 3.05) is 0 Å². The van der Waals surface area contributed by atoms with Crippen molar-refractivity contribution >= 4 is 11.8 Å². The Bertz CT molecular complexity index is 297. The number of imide groups is 1. The van der Waals surface area contributed by atoms with Crippen LogP contribution in [0.1, 0.15) is 46.5 Å². The lowest BCUT2D eigenvalue weighted by Gasteiger charge is -2.21. The highest BCUT2D eigenvalue weighted by atomic mass is 16.2. The van der Waals surface area contributed by atoms with Gasteiger partial charge in [0.15, 0.2) is 0 Å². The lowest BCUT2D eigenvalue weighted by molar-refractivity contribution is -0.128. The second-order valence-corrected chi connectivity index (χ2v) is 5.31. The minimum absolute atomic E-state index is 0.161. The summed E-state index contributed by atoms with van der Waals surface area (Å²) in [5.41, 5.74) is 1.34. The molecule has 0 bridgehead atoms. The van der Waals surface area contributed by atoms with Gasteiger partial charge in [-0.05, 0) is 24.7 Å². The van der Waals surface area contributed by atoms with E-state index >= 15 is 0 Å². The van der Waals surface area contributed by atoms with E-state index in [4.69, 9.17) is 0 Å². The van der Waals surface area contributed by atoms with Crippen LogP contribution in [0.4, 0.5) is 0 Å². The Morgan fingerprint density at radius 3 is 2.53 bits per heavy atom. The zero-order valence-electron chi connectivity index (χ0n) is 9.72. The van der Waals surface area contributed by atoms with Gasteiger partial charge in [-0.25, -0.2) is 0 Å². The Labute approximate surface area is 90.9 Å². The number of carbonyl (C=O) groups excluding carboxylic acids is 2. The molecule has 0 fully saturated rings. The molecule has 0 aromatic carbocycles. The van der Waals surface area contributed by atoms with Gasteiger partial charge in [0.25, 0.3) is 0 Å². The van der Waals surface area contributed by atoms with Crippen LogP contribution in [-0.4, -0.2) is 11.8 Å². The first-order valence-electron chi connectivity index (χ1n) is 5.40. The lowest BCUT2D eigenvalue weighted by Crippen LogP contribution is -2.30. The third-order valence-electron chi connectivity index (χ3n) is 2.26. The molecule has 0 aliphatic carbocycles. The highest BCUT2D eigenvalue weighted by Gasteiger charge is 2.17. The third-order valence-corrected chi connectivity index (χ3v) is 2.26. The quantitative estimate of drug-likeness (QED) is 0.673. The van der Waals surface area contributed by atoms with Crippen LogP contribution in [0, 0.1) is 5.41 Å². The van der Waals surface area contributed by atoms with E-state index in [1.807, 2.05) is 0 Å². The van der Waals surface area contributed by atoms with Crippen molar-refractivity contribution in [3.8, 4) is 0 Å². The molecule has 0 spiro atoms. The first-order valence-corrected chi connectivity index (χ1v) is 5.40. The topological polar surface area (TPSA) is 46.2 Å². The molecule has 1 aliphatic heterocycles. The highest BCUT2D eigenvalue weighted by Crippen LogP contribution is 2.27. The standard InChI is InChI=1S/C12H19NO2/c1-12(2,3)8-9-5-4-6-10(14)13-11(15)7-9/h7H,4-6,8H2,1-3H3,(H,13,14,15)/b9-7+. The summed E-state index contributed by atoms with van der Waals surface area (Å²) >= 11 is 0. The second-order valence-electron chi connectivity index (χ2n) is 5.31. The number of hydrogen-bond donors (Lipinski definition) is 1. The maximum atomic E-state index is 11.3. The van der Waals surface area contributed by atoms with E-state index in [2.05, 4.69) is 26.1 Å². The Kier molecular flexibility index (Phi) is 3.66. The molecule has 84 valence electrons. The Hall–Kier alpha value is -1.12. The Balaban J connectivity index is 2.71. The van der Waals surface area contributed by atoms with Gasteiger partial charge in [0.2, 0.25) is 11.8 Å². The van der Waals surface area contributed by atoms with Crippen LogP contribution >= 0.6 is 0 Å². The fourth-order valence-corrected chi connectivity index (χ4v) is 1.79. The normalized spacial score (nSPS) is 22.5. The number of nitrogens with one attached hydrogen (secondary N) is 1. The molecular weight excluding hydrogens is 190 g/mol. The minimum atomic E-state index is -0.265. The average molecular weight is 209 g/mol. The van der Waals surface area contributed by atoms with Crippen molar-refractivity contribution in [3.05, 3.63) is 11.6 Å². The van der Waals surface area contributed by atoms with E-state index < -0.39 is 0 Å². The van der Waals surface area contributed by atoms with Crippen molar-refractivity contribution < 1.29 is 9.59 Å². The largest absolute Gasteiger partial charge is 0.293 e. The number of carbonyl (C=O) groups is 2. The van der Waals surface area contributed by atoms with E-state index in [0.717, 1.165) is 24.8 Å². The highest BCUT2D eigenvalue weighted by molar-refractivity contribution is 6.01. The molecule has 1 N–H and O–H groups in total. The van der Waals surface area contributed by atoms with Gasteiger partial charge in [-0.1, -0.05) is 26.3 Å². The molecule has 3 heteroatoms. The van der Waals surface area contributed by atoms with Crippen LogP contribution in [0.25, 0.3) is 0 Å². The van der Waals surface area contributed by atoms with E-state index in [1.54, 1.807) is 6.08 Å². The molecule has 0 atom stereocenters. The van der Waals surface area contributed by atoms with E-state index in [-0.39, 0.29) is 17.2 Å². The summed E-state index contributed by atoms with van der Waals surface area (Å²) < 4.78 is 0. The predicted octanol–water partition coefficient (Wildman–Crippen LogP) is 2.18. The van der Waals surface area contributed by atoms with Gasteiger partial charge in [0, 0.05) is 12.5 Å². The van der Waals surface area contributed by atoms with Gasteiger partial charge in [-0.2, -0.15) is 0 Å². The Morgan fingerprint density at radius 2 is 1.93 bits per heavy atom. The monoisotopic (exact) mass is 209 g/mol. The van der Waals surface area contributed by atoms with Crippen LogP contribution in [0.15, 0.2) is 11.6 Å². The number of hydrogen-bond acceptors (Lipinski definition) is 2. The number of rotatable bonds is 1. The van der Waals surface area contributed by atoms with Gasteiger partial charge in [0.1, 0.15) is 0 Å². The fraction of sp³-hybridized carbons (Fsp3) is 0.667. The molecule has 2 amide bonds. The Morgan fingerprint density at radius 1 is 1.27 bits per heavy atom. The molecule has 1 aliphatic rings. The van der Waals surface area contributed by atoms with Gasteiger partial charge in [-0.15, -0.1) is 0 Å². The van der Waals surface area contributed by atoms with Crippen molar-refractivity contribution in [2.24, 2.45) is 5.41 Å². The molecule has 0 aromatic heterocycles. The van der Waals surface area contributed by atoms with Gasteiger partial charge in [-0.3, -0.25) is 14.9 Å². The van der Waals surface area contributed by atoms with E-state index in [0.29, 0.717) is 6.42 Å². The molecule has 15 heavy (non-hydrogen) atoms. The van der Waals surface area contributed by atoms with Crippen molar-refractivity contribution in [1.82, 2.24) is 5.32 Å². The van der Waals surface area contributed by atoms with Crippen LogP contribution in [-0.2, 0) is 9.59 Å². The lowest BCUT2D eigenvalue weighted by atomic mass is 9.85. The summed E-state index contributed by atoms with van der Waals surface area (Å²) in [5.74, 6) is -0.426. The zero-order chi connectivity index (χ0) is 11.5. The van der Waals surface area contributed by atoms with Crippen LogP contribution in [0.3, 0.4) is 0 Å². The summed E-state index contributed by atoms with van der Waals surface area (Å²) in [4.78, 5) is 22.4. The van der Waals surface area contributed by atoms with Crippen LogP contribution in [0.2, 0.25) is 0 Å². The smallest absolute Gasteiger partial charge is 0.250 e. The molecule has 0 radical (unpaired) electrons. The maximum absolute atomic E-state index is 11.3. The van der Waals surface area contributed by atoms with Crippen molar-refractivity contribution in [2.45, 2.75) is 46.5 Å². The van der Waals surface area contributed by atoms with Crippen molar-refractivity contribution in [3.63, 3.8) is 0 Å². The molecule has 0 saturated carbocycles. The predicted molar refractivity (Wildman–Crippen MR) is 59.2 cm³/mol. The first-order chi connectivity index (χ1) is 6.87. The molecule has 0 saturated heterocycles. The summed E-state index contributed by atoms with van der Waals surface area (Å²) in [7, 11) is 0. The summed E-state index contributed by atoms with van der Waals surface area (Å²) in [6.07, 6.45) is 4.64. The first kappa shape index (κ1) is 12.0. The van der Waals surface area contributed by atoms with Gasteiger partial charge in [0.05, 0.1) is 0 Å².